The summed E-state index contributed by atoms with van der Waals surface area (Å²) < 4.78 is 0. The van der Waals surface area contributed by atoms with E-state index < -0.39 is 0 Å². The van der Waals surface area contributed by atoms with Gasteiger partial charge in [-0.2, -0.15) is 0 Å². The number of para-hydroxylation sites is 1. The first-order valence-electron chi connectivity index (χ1n) is 9.08. The van der Waals surface area contributed by atoms with Crippen molar-refractivity contribution in [2.45, 2.75) is 25.3 Å². The van der Waals surface area contributed by atoms with E-state index in [-0.39, 0.29) is 12.1 Å². The maximum absolute atomic E-state index is 12.9. The number of carbonyl (C=O) groups excluding carboxylic acids is 1. The predicted octanol–water partition coefficient (Wildman–Crippen LogP) is 3.54. The van der Waals surface area contributed by atoms with Gasteiger partial charge in [0, 0.05) is 18.3 Å². The summed E-state index contributed by atoms with van der Waals surface area (Å²) in [6.45, 7) is 2.72. The number of nitrogens with zero attached hydrogens (tertiary/aromatic N) is 2. The van der Waals surface area contributed by atoms with Crippen LogP contribution in [0.3, 0.4) is 0 Å². The van der Waals surface area contributed by atoms with Crippen LogP contribution in [0.5, 0.6) is 0 Å². The molecule has 1 aliphatic heterocycles. The molecule has 0 atom stereocenters. The van der Waals surface area contributed by atoms with Gasteiger partial charge in [-0.15, -0.1) is 0 Å². The molecule has 1 N–H and O–H groups in total. The minimum Gasteiger partial charge on any atom is -0.337 e. The molecule has 0 bridgehead atoms. The van der Waals surface area contributed by atoms with Crippen molar-refractivity contribution in [1.29, 1.82) is 0 Å². The molecule has 3 rings (SSSR count). The van der Waals surface area contributed by atoms with E-state index in [2.05, 4.69) is 29.4 Å². The first-order chi connectivity index (χ1) is 12.2. The molecule has 0 saturated carbocycles. The Hall–Kier alpha value is -2.33. The normalized spacial score (nSPS) is 15.7. The lowest BCUT2D eigenvalue weighted by Gasteiger charge is -2.37. The molecule has 2 aromatic carbocycles. The molecule has 0 aromatic heterocycles. The largest absolute Gasteiger partial charge is 0.337 e. The average Bonchev–Trinajstić information content (AvgIpc) is 2.65. The number of likely N-dealkylation sites (tertiary alicyclic amines) is 1. The lowest BCUT2D eigenvalue weighted by Crippen LogP contribution is -2.50. The highest BCUT2D eigenvalue weighted by atomic mass is 16.2. The fraction of sp³-hybridized carbons (Fsp3) is 0.381. The number of hydrogen-bond donors (Lipinski definition) is 1. The van der Waals surface area contributed by atoms with Crippen molar-refractivity contribution in [2.24, 2.45) is 0 Å². The standard InChI is InChI=1S/C21H27N3O/c1-23-16-13-20(14-17-23)24(19-10-6-3-7-11-19)21(25)22-15-12-18-8-4-2-5-9-18/h2-11,20H,12-17H2,1H3,(H,22,25). The third kappa shape index (κ3) is 4.83. The van der Waals surface area contributed by atoms with E-state index in [0.29, 0.717) is 6.54 Å². The molecule has 25 heavy (non-hydrogen) atoms. The number of rotatable bonds is 5. The Morgan fingerprint density at radius 1 is 1.04 bits per heavy atom. The van der Waals surface area contributed by atoms with Gasteiger partial charge in [0.1, 0.15) is 0 Å². The van der Waals surface area contributed by atoms with Gasteiger partial charge in [-0.3, -0.25) is 4.90 Å². The Kier molecular flexibility index (Phi) is 6.07. The van der Waals surface area contributed by atoms with Crippen LogP contribution in [0.4, 0.5) is 10.5 Å². The van der Waals surface area contributed by atoms with Crippen LogP contribution in [0.1, 0.15) is 18.4 Å². The topological polar surface area (TPSA) is 35.6 Å². The molecule has 132 valence electrons. The molecule has 0 unspecified atom stereocenters. The van der Waals surface area contributed by atoms with E-state index in [1.54, 1.807) is 0 Å². The van der Waals surface area contributed by atoms with Gasteiger partial charge in [-0.05, 0) is 57.1 Å². The van der Waals surface area contributed by atoms with E-state index in [9.17, 15) is 4.79 Å². The van der Waals surface area contributed by atoms with E-state index in [4.69, 9.17) is 0 Å². The number of nitrogens with one attached hydrogen (secondary N) is 1. The number of hydrogen-bond acceptors (Lipinski definition) is 2. The van der Waals surface area contributed by atoms with Gasteiger partial charge in [0.05, 0.1) is 0 Å². The molecule has 4 heteroatoms. The minimum atomic E-state index is 0.0108. The van der Waals surface area contributed by atoms with Gasteiger partial charge in [0.25, 0.3) is 0 Å². The molecule has 1 fully saturated rings. The third-order valence-corrected chi connectivity index (χ3v) is 4.84. The summed E-state index contributed by atoms with van der Waals surface area (Å²) >= 11 is 0. The van der Waals surface area contributed by atoms with Crippen LogP contribution >= 0.6 is 0 Å². The Balaban J connectivity index is 1.65. The molecule has 2 aromatic rings. The van der Waals surface area contributed by atoms with Crippen molar-refractivity contribution in [3.8, 4) is 0 Å². The van der Waals surface area contributed by atoms with E-state index in [1.165, 1.54) is 5.56 Å². The molecule has 0 radical (unpaired) electrons. The van der Waals surface area contributed by atoms with Crippen LogP contribution in [-0.2, 0) is 6.42 Å². The van der Waals surface area contributed by atoms with Crippen LogP contribution in [0.2, 0.25) is 0 Å². The Labute approximate surface area is 150 Å². The maximum Gasteiger partial charge on any atom is 0.322 e. The van der Waals surface area contributed by atoms with Crippen molar-refractivity contribution in [3.05, 3.63) is 66.2 Å². The van der Waals surface area contributed by atoms with E-state index >= 15 is 0 Å². The highest BCUT2D eigenvalue weighted by Crippen LogP contribution is 2.23. The summed E-state index contributed by atoms with van der Waals surface area (Å²) in [5.41, 5.74) is 2.22. The van der Waals surface area contributed by atoms with E-state index in [1.807, 2.05) is 53.4 Å². The number of anilines is 1. The van der Waals surface area contributed by atoms with Gasteiger partial charge < -0.3 is 10.2 Å². The number of benzene rings is 2. The van der Waals surface area contributed by atoms with Gasteiger partial charge in [-0.25, -0.2) is 4.79 Å². The smallest absolute Gasteiger partial charge is 0.322 e. The third-order valence-electron chi connectivity index (χ3n) is 4.84. The summed E-state index contributed by atoms with van der Waals surface area (Å²) in [5.74, 6) is 0. The van der Waals surface area contributed by atoms with Crippen molar-refractivity contribution >= 4 is 11.7 Å². The molecular weight excluding hydrogens is 310 g/mol. The first kappa shape index (κ1) is 17.5. The van der Waals surface area contributed by atoms with Gasteiger partial charge in [0.2, 0.25) is 0 Å². The van der Waals surface area contributed by atoms with Crippen LogP contribution in [0.15, 0.2) is 60.7 Å². The zero-order chi connectivity index (χ0) is 17.5. The number of amides is 2. The Bertz CT molecular complexity index is 651. The lowest BCUT2D eigenvalue weighted by atomic mass is 10.0. The summed E-state index contributed by atoms with van der Waals surface area (Å²) in [7, 11) is 2.14. The monoisotopic (exact) mass is 337 g/mol. The van der Waals surface area contributed by atoms with Gasteiger partial charge in [-0.1, -0.05) is 48.5 Å². The zero-order valence-electron chi connectivity index (χ0n) is 14.9. The van der Waals surface area contributed by atoms with Crippen molar-refractivity contribution < 1.29 is 4.79 Å². The second kappa shape index (κ2) is 8.67. The van der Waals surface area contributed by atoms with E-state index in [0.717, 1.165) is 38.0 Å². The van der Waals surface area contributed by atoms with Crippen LogP contribution in [0.25, 0.3) is 0 Å². The Morgan fingerprint density at radius 2 is 1.64 bits per heavy atom. The molecule has 0 aliphatic carbocycles. The summed E-state index contributed by atoms with van der Waals surface area (Å²) in [6.07, 6.45) is 2.87. The van der Waals surface area contributed by atoms with Crippen molar-refractivity contribution in [3.63, 3.8) is 0 Å². The zero-order valence-corrected chi connectivity index (χ0v) is 14.9. The molecule has 1 heterocycles. The average molecular weight is 337 g/mol. The van der Waals surface area contributed by atoms with Gasteiger partial charge in [0.15, 0.2) is 0 Å². The highest BCUT2D eigenvalue weighted by Gasteiger charge is 2.27. The van der Waals surface area contributed by atoms with Crippen molar-refractivity contribution in [2.75, 3.05) is 31.6 Å². The van der Waals surface area contributed by atoms with Crippen LogP contribution < -0.4 is 10.2 Å². The number of carbonyl (C=O) groups is 1. The molecule has 1 aliphatic rings. The number of piperidine rings is 1. The second-order valence-corrected chi connectivity index (χ2v) is 6.71. The van der Waals surface area contributed by atoms with Crippen LogP contribution in [-0.4, -0.2) is 43.7 Å². The summed E-state index contributed by atoms with van der Waals surface area (Å²) in [4.78, 5) is 17.2. The van der Waals surface area contributed by atoms with Crippen LogP contribution in [0, 0.1) is 0 Å². The summed E-state index contributed by atoms with van der Waals surface area (Å²) in [5, 5.41) is 3.11. The molecular formula is C21H27N3O. The highest BCUT2D eigenvalue weighted by molar-refractivity contribution is 5.92. The number of urea groups is 1. The first-order valence-corrected chi connectivity index (χ1v) is 9.08. The summed E-state index contributed by atoms with van der Waals surface area (Å²) in [6, 6.07) is 20.6. The minimum absolute atomic E-state index is 0.0108. The predicted molar refractivity (Wildman–Crippen MR) is 103 cm³/mol. The quantitative estimate of drug-likeness (QED) is 0.906. The SMILES string of the molecule is CN1CCC(N(C(=O)NCCc2ccccc2)c2ccccc2)CC1. The fourth-order valence-electron chi connectivity index (χ4n) is 3.38. The second-order valence-electron chi connectivity index (χ2n) is 6.71. The maximum atomic E-state index is 12.9. The molecule has 1 saturated heterocycles. The molecule has 0 spiro atoms. The fourth-order valence-corrected chi connectivity index (χ4v) is 3.38. The van der Waals surface area contributed by atoms with Crippen molar-refractivity contribution in [1.82, 2.24) is 10.2 Å². The molecule has 2 amide bonds. The molecule has 4 nitrogen and oxygen atoms in total. The van der Waals surface area contributed by atoms with Gasteiger partial charge >= 0.3 is 6.03 Å². The Morgan fingerprint density at radius 3 is 2.28 bits per heavy atom. The lowest BCUT2D eigenvalue weighted by molar-refractivity contribution is 0.227.